The number of terminal acetylenes is 1. The zero-order valence-electron chi connectivity index (χ0n) is 15.0. The molecule has 0 bridgehead atoms. The Bertz CT molecular complexity index is 656. The van der Waals surface area contributed by atoms with Crippen LogP contribution in [0.5, 0.6) is 5.75 Å². The first kappa shape index (κ1) is 19.6. The highest BCUT2D eigenvalue weighted by Gasteiger charge is 2.09. The Morgan fingerprint density at radius 1 is 1.25 bits per heavy atom. The molecule has 0 spiro atoms. The second kappa shape index (κ2) is 10.3. The number of carbonyl (C=O) groups excluding carboxylic acids is 1. The summed E-state index contributed by atoms with van der Waals surface area (Å²) in [4.78, 5) is 11.7. The smallest absolute Gasteiger partial charge is 0.339 e. The molecule has 0 saturated carbocycles. The summed E-state index contributed by atoms with van der Waals surface area (Å²) in [7, 11) is 0. The average molecular weight is 326 g/mol. The molecule has 1 aromatic rings. The van der Waals surface area contributed by atoms with Crippen molar-refractivity contribution in [1.29, 1.82) is 0 Å². The van der Waals surface area contributed by atoms with E-state index in [0.717, 1.165) is 24.2 Å². The van der Waals surface area contributed by atoms with Crippen molar-refractivity contribution in [2.75, 3.05) is 13.2 Å². The van der Waals surface area contributed by atoms with E-state index in [9.17, 15) is 4.79 Å². The van der Waals surface area contributed by atoms with Gasteiger partial charge in [-0.2, -0.15) is 0 Å². The molecule has 0 unspecified atom stereocenters. The molecule has 0 aromatic heterocycles. The SMILES string of the molecule is C#CCOC(=O)c1ccc(OC/C=C(\C)CCC=C(C)C)c(C)c1. The van der Waals surface area contributed by atoms with E-state index in [-0.39, 0.29) is 6.61 Å². The fourth-order valence-corrected chi connectivity index (χ4v) is 2.09. The van der Waals surface area contributed by atoms with Crippen molar-refractivity contribution in [2.24, 2.45) is 0 Å². The standard InChI is InChI=1S/C21H26O3/c1-6-13-24-21(22)19-10-11-20(18(5)15-19)23-14-12-17(4)9-7-8-16(2)3/h1,8,10-12,15H,7,9,13-14H2,2-5H3/b17-12+. The van der Waals surface area contributed by atoms with Gasteiger partial charge in [0.25, 0.3) is 0 Å². The maximum atomic E-state index is 11.7. The van der Waals surface area contributed by atoms with Crippen LogP contribution in [0, 0.1) is 19.3 Å². The predicted octanol–water partition coefficient (Wildman–Crippen LogP) is 4.86. The van der Waals surface area contributed by atoms with Crippen molar-refractivity contribution < 1.29 is 14.3 Å². The van der Waals surface area contributed by atoms with Crippen LogP contribution in [0.3, 0.4) is 0 Å². The fraction of sp³-hybridized carbons (Fsp3) is 0.381. The Kier molecular flexibility index (Phi) is 8.43. The Morgan fingerprint density at radius 2 is 2.00 bits per heavy atom. The summed E-state index contributed by atoms with van der Waals surface area (Å²) in [5, 5.41) is 0. The topological polar surface area (TPSA) is 35.5 Å². The molecule has 24 heavy (non-hydrogen) atoms. The van der Waals surface area contributed by atoms with Gasteiger partial charge in [0.05, 0.1) is 5.56 Å². The first-order chi connectivity index (χ1) is 11.4. The zero-order valence-corrected chi connectivity index (χ0v) is 15.0. The summed E-state index contributed by atoms with van der Waals surface area (Å²) < 4.78 is 10.7. The molecule has 0 aliphatic heterocycles. The maximum Gasteiger partial charge on any atom is 0.339 e. The number of hydrogen-bond donors (Lipinski definition) is 0. The highest BCUT2D eigenvalue weighted by atomic mass is 16.5. The van der Waals surface area contributed by atoms with E-state index >= 15 is 0 Å². The van der Waals surface area contributed by atoms with E-state index in [1.165, 1.54) is 11.1 Å². The molecule has 0 amide bonds. The van der Waals surface area contributed by atoms with Gasteiger partial charge in [0.1, 0.15) is 12.4 Å². The molecule has 1 aromatic carbocycles. The summed E-state index contributed by atoms with van der Waals surface area (Å²) in [6, 6.07) is 5.22. The van der Waals surface area contributed by atoms with Crippen LogP contribution in [0.2, 0.25) is 0 Å². The Balaban J connectivity index is 2.55. The number of esters is 1. The van der Waals surface area contributed by atoms with Gasteiger partial charge in [0.2, 0.25) is 0 Å². The Morgan fingerprint density at radius 3 is 2.62 bits per heavy atom. The normalized spacial score (nSPS) is 10.7. The van der Waals surface area contributed by atoms with Crippen LogP contribution in [0.15, 0.2) is 41.5 Å². The quantitative estimate of drug-likeness (QED) is 0.389. The minimum atomic E-state index is -0.419. The second-order valence-corrected chi connectivity index (χ2v) is 5.94. The number of hydrogen-bond acceptors (Lipinski definition) is 3. The highest BCUT2D eigenvalue weighted by Crippen LogP contribution is 2.20. The van der Waals surface area contributed by atoms with Gasteiger partial charge in [0.15, 0.2) is 6.61 Å². The second-order valence-electron chi connectivity index (χ2n) is 5.94. The third-order valence-corrected chi connectivity index (χ3v) is 3.46. The molecule has 0 atom stereocenters. The van der Waals surface area contributed by atoms with Crippen molar-refractivity contribution >= 4 is 5.97 Å². The number of aryl methyl sites for hydroxylation is 1. The van der Waals surface area contributed by atoms with Crippen LogP contribution in [0.1, 0.15) is 49.5 Å². The lowest BCUT2D eigenvalue weighted by Crippen LogP contribution is -2.06. The largest absolute Gasteiger partial charge is 0.489 e. The van der Waals surface area contributed by atoms with Crippen LogP contribution >= 0.6 is 0 Å². The lowest BCUT2D eigenvalue weighted by molar-refractivity contribution is 0.0556. The maximum absolute atomic E-state index is 11.7. The molecule has 0 radical (unpaired) electrons. The molecular formula is C21H26O3. The molecular weight excluding hydrogens is 300 g/mol. The lowest BCUT2D eigenvalue weighted by atomic mass is 10.1. The van der Waals surface area contributed by atoms with Crippen LogP contribution in [0.4, 0.5) is 0 Å². The summed E-state index contributed by atoms with van der Waals surface area (Å²) in [6.45, 7) is 8.72. The number of benzene rings is 1. The third-order valence-electron chi connectivity index (χ3n) is 3.46. The third kappa shape index (κ3) is 7.19. The van der Waals surface area contributed by atoms with Gasteiger partial charge < -0.3 is 9.47 Å². The van der Waals surface area contributed by atoms with E-state index in [1.807, 2.05) is 6.92 Å². The van der Waals surface area contributed by atoms with Crippen LogP contribution in [0.25, 0.3) is 0 Å². The summed E-state index contributed by atoms with van der Waals surface area (Å²) in [5.74, 6) is 2.62. The number of allylic oxidation sites excluding steroid dienone is 3. The molecule has 0 fully saturated rings. The summed E-state index contributed by atoms with van der Waals surface area (Å²) >= 11 is 0. The molecule has 0 saturated heterocycles. The highest BCUT2D eigenvalue weighted by molar-refractivity contribution is 5.90. The Labute approximate surface area is 145 Å². The molecule has 0 aliphatic carbocycles. The van der Waals surface area contributed by atoms with E-state index in [0.29, 0.717) is 12.2 Å². The van der Waals surface area contributed by atoms with Crippen LogP contribution < -0.4 is 4.74 Å². The van der Waals surface area contributed by atoms with Gasteiger partial charge in [0, 0.05) is 0 Å². The van der Waals surface area contributed by atoms with E-state index in [4.69, 9.17) is 15.9 Å². The van der Waals surface area contributed by atoms with Gasteiger partial charge >= 0.3 is 5.97 Å². The Hall–Kier alpha value is -2.47. The van der Waals surface area contributed by atoms with Gasteiger partial charge in [-0.1, -0.05) is 23.1 Å². The van der Waals surface area contributed by atoms with Gasteiger partial charge in [-0.05, 0) is 70.4 Å². The predicted molar refractivity (Wildman–Crippen MR) is 98.2 cm³/mol. The van der Waals surface area contributed by atoms with Gasteiger partial charge in [-0.15, -0.1) is 6.42 Å². The minimum Gasteiger partial charge on any atom is -0.489 e. The molecule has 0 heterocycles. The van der Waals surface area contributed by atoms with Crippen molar-refractivity contribution in [3.05, 3.63) is 52.6 Å². The number of rotatable bonds is 8. The molecule has 128 valence electrons. The fourth-order valence-electron chi connectivity index (χ4n) is 2.09. The van der Waals surface area contributed by atoms with Gasteiger partial charge in [-0.3, -0.25) is 0 Å². The number of carbonyl (C=O) groups is 1. The van der Waals surface area contributed by atoms with Crippen molar-refractivity contribution in [3.63, 3.8) is 0 Å². The molecule has 0 N–H and O–H groups in total. The summed E-state index contributed by atoms with van der Waals surface area (Å²) in [6.07, 6.45) is 11.5. The van der Waals surface area contributed by atoms with Gasteiger partial charge in [-0.25, -0.2) is 4.79 Å². The molecule has 1 rings (SSSR count). The molecule has 3 nitrogen and oxygen atoms in total. The van der Waals surface area contributed by atoms with Crippen molar-refractivity contribution in [1.82, 2.24) is 0 Å². The zero-order chi connectivity index (χ0) is 17.9. The van der Waals surface area contributed by atoms with E-state index < -0.39 is 5.97 Å². The van der Waals surface area contributed by atoms with E-state index in [1.54, 1.807) is 18.2 Å². The molecule has 0 aliphatic rings. The average Bonchev–Trinajstić information content (AvgIpc) is 2.53. The summed E-state index contributed by atoms with van der Waals surface area (Å²) in [5.41, 5.74) is 4.01. The van der Waals surface area contributed by atoms with Crippen LogP contribution in [-0.2, 0) is 4.74 Å². The first-order valence-corrected chi connectivity index (χ1v) is 8.07. The minimum absolute atomic E-state index is 0.0209. The van der Waals surface area contributed by atoms with Crippen molar-refractivity contribution in [2.45, 2.75) is 40.5 Å². The van der Waals surface area contributed by atoms with Crippen molar-refractivity contribution in [3.8, 4) is 18.1 Å². The molecule has 3 heteroatoms. The first-order valence-electron chi connectivity index (χ1n) is 8.07. The van der Waals surface area contributed by atoms with E-state index in [2.05, 4.69) is 38.8 Å². The lowest BCUT2D eigenvalue weighted by Gasteiger charge is -2.09. The number of ether oxygens (including phenoxy) is 2. The monoisotopic (exact) mass is 326 g/mol. The van der Waals surface area contributed by atoms with Crippen LogP contribution in [-0.4, -0.2) is 19.2 Å².